The van der Waals surface area contributed by atoms with Crippen LogP contribution in [0, 0.1) is 5.41 Å². The maximum Gasteiger partial charge on any atom is 0.335 e. The molecule has 1 aromatic carbocycles. The molecule has 2 saturated heterocycles. The summed E-state index contributed by atoms with van der Waals surface area (Å²) in [6.07, 6.45) is 3.24. The molecule has 118 valence electrons. The number of benzene rings is 1. The number of nitrogens with zero attached hydrogens (tertiary/aromatic N) is 1. The lowest BCUT2D eigenvalue weighted by atomic mass is 9.87. The molecule has 1 amide bonds. The molecule has 2 aliphatic rings. The van der Waals surface area contributed by atoms with Gasteiger partial charge in [-0.05, 0) is 37.0 Å². The molecule has 5 heteroatoms. The predicted octanol–water partition coefficient (Wildman–Crippen LogP) is 1.96. The smallest absolute Gasteiger partial charge is 0.335 e. The highest BCUT2D eigenvalue weighted by Gasteiger charge is 2.42. The fraction of sp³-hybridized carbons (Fsp3) is 0.529. The lowest BCUT2D eigenvalue weighted by Gasteiger charge is -2.22. The van der Waals surface area contributed by atoms with E-state index in [0.29, 0.717) is 12.8 Å². The number of aromatic carboxylic acids is 1. The maximum atomic E-state index is 12.3. The van der Waals surface area contributed by atoms with E-state index in [1.807, 2.05) is 4.90 Å². The van der Waals surface area contributed by atoms with Gasteiger partial charge in [0.1, 0.15) is 0 Å². The van der Waals surface area contributed by atoms with E-state index in [-0.39, 0.29) is 16.9 Å². The Kier molecular flexibility index (Phi) is 4.16. The van der Waals surface area contributed by atoms with Crippen molar-refractivity contribution in [3.63, 3.8) is 0 Å². The summed E-state index contributed by atoms with van der Waals surface area (Å²) in [5.74, 6) is -0.741. The number of carboxylic acids is 1. The second kappa shape index (κ2) is 6.08. The van der Waals surface area contributed by atoms with Gasteiger partial charge in [-0.25, -0.2) is 4.79 Å². The molecule has 2 heterocycles. The number of amides is 1. The Balaban J connectivity index is 1.51. The second-order valence-electron chi connectivity index (χ2n) is 6.37. The van der Waals surface area contributed by atoms with Crippen molar-refractivity contribution in [1.29, 1.82) is 0 Å². The summed E-state index contributed by atoms with van der Waals surface area (Å²) in [6.45, 7) is 3.26. The number of rotatable bonds is 4. The molecule has 5 nitrogen and oxygen atoms in total. The van der Waals surface area contributed by atoms with Crippen LogP contribution in [-0.2, 0) is 16.0 Å². The van der Waals surface area contributed by atoms with E-state index in [1.54, 1.807) is 24.3 Å². The molecule has 2 fully saturated rings. The van der Waals surface area contributed by atoms with Crippen molar-refractivity contribution in [3.8, 4) is 0 Å². The highest BCUT2D eigenvalue weighted by Crippen LogP contribution is 2.38. The number of carboxylic acid groups (broad SMARTS) is 1. The maximum absolute atomic E-state index is 12.3. The molecular formula is C17H21NO4. The quantitative estimate of drug-likeness (QED) is 0.923. The number of carbonyl (C=O) groups excluding carboxylic acids is 1. The van der Waals surface area contributed by atoms with Gasteiger partial charge >= 0.3 is 5.97 Å². The van der Waals surface area contributed by atoms with E-state index in [1.165, 1.54) is 0 Å². The Hall–Kier alpha value is -1.88. The molecule has 0 saturated carbocycles. The van der Waals surface area contributed by atoms with Crippen LogP contribution in [0.2, 0.25) is 0 Å². The van der Waals surface area contributed by atoms with Gasteiger partial charge in [0.2, 0.25) is 5.91 Å². The van der Waals surface area contributed by atoms with Crippen LogP contribution in [0.25, 0.3) is 0 Å². The minimum Gasteiger partial charge on any atom is -0.478 e. The van der Waals surface area contributed by atoms with Crippen molar-refractivity contribution in [2.24, 2.45) is 5.41 Å². The zero-order valence-corrected chi connectivity index (χ0v) is 12.6. The zero-order valence-electron chi connectivity index (χ0n) is 12.6. The minimum absolute atomic E-state index is 0.186. The minimum atomic E-state index is -0.927. The molecule has 22 heavy (non-hydrogen) atoms. The number of likely N-dealkylation sites (tertiary alicyclic amines) is 1. The van der Waals surface area contributed by atoms with Gasteiger partial charge in [0.15, 0.2) is 0 Å². The van der Waals surface area contributed by atoms with Crippen molar-refractivity contribution in [2.75, 3.05) is 26.3 Å². The van der Waals surface area contributed by atoms with Crippen LogP contribution < -0.4 is 0 Å². The van der Waals surface area contributed by atoms with Crippen molar-refractivity contribution in [2.45, 2.75) is 25.7 Å². The van der Waals surface area contributed by atoms with Crippen molar-refractivity contribution >= 4 is 11.9 Å². The Morgan fingerprint density at radius 3 is 2.64 bits per heavy atom. The van der Waals surface area contributed by atoms with Gasteiger partial charge < -0.3 is 14.7 Å². The molecule has 0 aromatic heterocycles. The Morgan fingerprint density at radius 1 is 1.23 bits per heavy atom. The number of hydrogen-bond donors (Lipinski definition) is 1. The molecule has 1 unspecified atom stereocenters. The Bertz CT molecular complexity index is 561. The van der Waals surface area contributed by atoms with Crippen LogP contribution in [0.5, 0.6) is 0 Å². The average molecular weight is 303 g/mol. The third kappa shape index (κ3) is 3.14. The van der Waals surface area contributed by atoms with Crippen molar-refractivity contribution in [1.82, 2.24) is 4.90 Å². The van der Waals surface area contributed by atoms with Gasteiger partial charge in [-0.3, -0.25) is 4.79 Å². The predicted molar refractivity (Wildman–Crippen MR) is 80.8 cm³/mol. The molecule has 0 aliphatic carbocycles. The van der Waals surface area contributed by atoms with Crippen LogP contribution in [0.1, 0.15) is 35.2 Å². The Morgan fingerprint density at radius 2 is 2.00 bits per heavy atom. The first-order chi connectivity index (χ1) is 10.6. The third-order valence-corrected chi connectivity index (χ3v) is 4.80. The van der Waals surface area contributed by atoms with Gasteiger partial charge in [-0.1, -0.05) is 12.1 Å². The first-order valence-corrected chi connectivity index (χ1v) is 7.76. The zero-order chi connectivity index (χ0) is 15.6. The van der Waals surface area contributed by atoms with Crippen LogP contribution in [-0.4, -0.2) is 48.2 Å². The number of hydrogen-bond acceptors (Lipinski definition) is 3. The summed E-state index contributed by atoms with van der Waals surface area (Å²) in [5.41, 5.74) is 1.48. The number of aryl methyl sites for hydroxylation is 1. The summed E-state index contributed by atoms with van der Waals surface area (Å²) in [5, 5.41) is 8.87. The summed E-state index contributed by atoms with van der Waals surface area (Å²) in [4.78, 5) is 25.1. The van der Waals surface area contributed by atoms with Gasteiger partial charge in [0, 0.05) is 31.5 Å². The fourth-order valence-electron chi connectivity index (χ4n) is 3.34. The Labute approximate surface area is 129 Å². The molecule has 1 spiro atoms. The lowest BCUT2D eigenvalue weighted by Crippen LogP contribution is -2.32. The molecule has 0 bridgehead atoms. The van der Waals surface area contributed by atoms with E-state index in [0.717, 1.165) is 44.7 Å². The fourth-order valence-corrected chi connectivity index (χ4v) is 3.34. The van der Waals surface area contributed by atoms with Crippen LogP contribution in [0.3, 0.4) is 0 Å². The van der Waals surface area contributed by atoms with Gasteiger partial charge in [-0.2, -0.15) is 0 Å². The monoisotopic (exact) mass is 303 g/mol. The molecular weight excluding hydrogens is 282 g/mol. The molecule has 3 rings (SSSR count). The summed E-state index contributed by atoms with van der Waals surface area (Å²) in [7, 11) is 0. The highest BCUT2D eigenvalue weighted by molar-refractivity contribution is 5.87. The highest BCUT2D eigenvalue weighted by atomic mass is 16.5. The van der Waals surface area contributed by atoms with E-state index in [2.05, 4.69) is 0 Å². The van der Waals surface area contributed by atoms with E-state index in [4.69, 9.17) is 9.84 Å². The topological polar surface area (TPSA) is 66.8 Å². The largest absolute Gasteiger partial charge is 0.478 e. The molecule has 2 aliphatic heterocycles. The van der Waals surface area contributed by atoms with Gasteiger partial charge in [0.25, 0.3) is 0 Å². The third-order valence-electron chi connectivity index (χ3n) is 4.80. The SMILES string of the molecule is O=C(O)c1ccc(CCC(=O)N2CCC3(CCOC3)C2)cc1. The number of carbonyl (C=O) groups is 2. The molecule has 1 atom stereocenters. The normalized spacial score (nSPS) is 24.1. The van der Waals surface area contributed by atoms with Gasteiger partial charge in [0.05, 0.1) is 12.2 Å². The summed E-state index contributed by atoms with van der Waals surface area (Å²) in [6, 6.07) is 6.74. The van der Waals surface area contributed by atoms with Crippen LogP contribution >= 0.6 is 0 Å². The lowest BCUT2D eigenvalue weighted by molar-refractivity contribution is -0.130. The van der Waals surface area contributed by atoms with Crippen molar-refractivity contribution < 1.29 is 19.4 Å². The molecule has 1 aromatic rings. The first-order valence-electron chi connectivity index (χ1n) is 7.76. The van der Waals surface area contributed by atoms with Crippen molar-refractivity contribution in [3.05, 3.63) is 35.4 Å². The average Bonchev–Trinajstić information content (AvgIpc) is 3.16. The second-order valence-corrected chi connectivity index (χ2v) is 6.37. The summed E-state index contributed by atoms with van der Waals surface area (Å²) < 4.78 is 5.48. The van der Waals surface area contributed by atoms with E-state index in [9.17, 15) is 9.59 Å². The van der Waals surface area contributed by atoms with Crippen LogP contribution in [0.15, 0.2) is 24.3 Å². The van der Waals surface area contributed by atoms with E-state index >= 15 is 0 Å². The van der Waals surface area contributed by atoms with Gasteiger partial charge in [-0.15, -0.1) is 0 Å². The molecule has 0 radical (unpaired) electrons. The van der Waals surface area contributed by atoms with E-state index < -0.39 is 5.97 Å². The first kappa shape index (κ1) is 15.0. The number of ether oxygens (including phenoxy) is 1. The molecule has 1 N–H and O–H groups in total. The standard InChI is InChI=1S/C17H21NO4/c19-15(18-9-7-17(11-18)8-10-22-12-17)6-3-13-1-4-14(5-2-13)16(20)21/h1-2,4-5H,3,6-12H2,(H,20,21). The summed E-state index contributed by atoms with van der Waals surface area (Å²) >= 11 is 0. The van der Waals surface area contributed by atoms with Crippen LogP contribution in [0.4, 0.5) is 0 Å².